The number of benzene rings is 4. The Bertz CT molecular complexity index is 1420. The first kappa shape index (κ1) is 26.9. The fourth-order valence-corrected chi connectivity index (χ4v) is 5.46. The number of aliphatic hydroxyl groups excluding tert-OH is 1. The third-order valence-corrected chi connectivity index (χ3v) is 7.86. The molecule has 0 unspecified atom stereocenters. The second kappa shape index (κ2) is 12.5. The Kier molecular flexibility index (Phi) is 8.60. The number of piperazine rings is 1. The molecule has 0 aromatic heterocycles. The summed E-state index contributed by atoms with van der Waals surface area (Å²) in [5.74, 6) is 0.709. The van der Waals surface area contributed by atoms with Crippen LogP contribution in [0.4, 0.5) is 5.69 Å². The lowest BCUT2D eigenvalue weighted by atomic mass is 9.98. The van der Waals surface area contributed by atoms with Crippen LogP contribution in [0, 0.1) is 13.8 Å². The zero-order chi connectivity index (χ0) is 27.2. The van der Waals surface area contributed by atoms with E-state index < -0.39 is 6.10 Å². The number of Topliss-reactive ketones (excluding diaryl/α,β-unsaturated/α-hetero) is 1. The Morgan fingerprint density at radius 1 is 0.897 bits per heavy atom. The van der Waals surface area contributed by atoms with Crippen molar-refractivity contribution in [3.8, 4) is 5.75 Å². The number of ether oxygens (including phenoxy) is 1. The van der Waals surface area contributed by atoms with E-state index in [2.05, 4.69) is 66.1 Å². The van der Waals surface area contributed by atoms with E-state index >= 15 is 0 Å². The average molecular weight is 523 g/mol. The van der Waals surface area contributed by atoms with Gasteiger partial charge in [0.2, 0.25) is 0 Å². The minimum Gasteiger partial charge on any atom is -0.491 e. The van der Waals surface area contributed by atoms with Crippen LogP contribution in [0.25, 0.3) is 10.8 Å². The third kappa shape index (κ3) is 6.67. The van der Waals surface area contributed by atoms with Gasteiger partial charge in [-0.15, -0.1) is 0 Å². The van der Waals surface area contributed by atoms with Crippen LogP contribution in [-0.2, 0) is 6.42 Å². The number of rotatable bonds is 10. The second-order valence-electron chi connectivity index (χ2n) is 10.6. The summed E-state index contributed by atoms with van der Waals surface area (Å²) in [6.45, 7) is 8.82. The predicted octanol–water partition coefficient (Wildman–Crippen LogP) is 5.83. The largest absolute Gasteiger partial charge is 0.491 e. The minimum absolute atomic E-state index is 0.0932. The monoisotopic (exact) mass is 522 g/mol. The number of carbonyl (C=O) groups excluding carboxylic acids is 1. The highest BCUT2D eigenvalue weighted by atomic mass is 16.5. The lowest BCUT2D eigenvalue weighted by Gasteiger charge is -2.37. The lowest BCUT2D eigenvalue weighted by Crippen LogP contribution is -2.49. The molecule has 202 valence electrons. The van der Waals surface area contributed by atoms with E-state index in [1.807, 2.05) is 36.4 Å². The fraction of sp³-hybridized carbons (Fsp3) is 0.324. The molecule has 0 spiro atoms. The molecular formula is C34H38N2O3. The molecule has 1 heterocycles. The van der Waals surface area contributed by atoms with Gasteiger partial charge < -0.3 is 14.7 Å². The molecular weight excluding hydrogens is 484 g/mol. The van der Waals surface area contributed by atoms with Gasteiger partial charge in [0.1, 0.15) is 18.5 Å². The molecule has 39 heavy (non-hydrogen) atoms. The van der Waals surface area contributed by atoms with Crippen LogP contribution in [-0.4, -0.2) is 61.2 Å². The van der Waals surface area contributed by atoms with E-state index in [-0.39, 0.29) is 12.4 Å². The zero-order valence-corrected chi connectivity index (χ0v) is 23.0. The van der Waals surface area contributed by atoms with E-state index in [0.29, 0.717) is 30.7 Å². The zero-order valence-electron chi connectivity index (χ0n) is 23.0. The van der Waals surface area contributed by atoms with Gasteiger partial charge in [-0.05, 0) is 65.9 Å². The Labute approximate surface area is 231 Å². The summed E-state index contributed by atoms with van der Waals surface area (Å²) in [7, 11) is 0. The second-order valence-corrected chi connectivity index (χ2v) is 10.6. The van der Waals surface area contributed by atoms with Crippen molar-refractivity contribution < 1.29 is 14.6 Å². The summed E-state index contributed by atoms with van der Waals surface area (Å²) in [5, 5.41) is 13.0. The molecule has 1 N–H and O–H groups in total. The smallest absolute Gasteiger partial charge is 0.163 e. The van der Waals surface area contributed by atoms with E-state index in [4.69, 9.17) is 4.74 Å². The number of anilines is 1. The van der Waals surface area contributed by atoms with Crippen LogP contribution < -0.4 is 9.64 Å². The number of fused-ring (bicyclic) bond motifs is 1. The SMILES string of the molecule is Cc1cccc(N2CCN(C[C@@H](O)COc3cccc(C(=O)CCc4cccc5ccccc45)c3)CC2)c1C. The van der Waals surface area contributed by atoms with Crippen molar-refractivity contribution in [2.45, 2.75) is 32.8 Å². The molecule has 1 aliphatic heterocycles. The first-order chi connectivity index (χ1) is 19.0. The van der Waals surface area contributed by atoms with Gasteiger partial charge in [0, 0.05) is 50.4 Å². The predicted molar refractivity (Wildman–Crippen MR) is 159 cm³/mol. The number of nitrogens with zero attached hydrogens (tertiary/aromatic N) is 2. The van der Waals surface area contributed by atoms with Crippen LogP contribution in [0.15, 0.2) is 84.9 Å². The van der Waals surface area contributed by atoms with E-state index in [0.717, 1.165) is 26.2 Å². The van der Waals surface area contributed by atoms with E-state index in [1.54, 1.807) is 6.07 Å². The third-order valence-electron chi connectivity index (χ3n) is 7.86. The number of aliphatic hydroxyl groups is 1. The summed E-state index contributed by atoms with van der Waals surface area (Å²) < 4.78 is 5.90. The van der Waals surface area contributed by atoms with Crippen molar-refractivity contribution in [2.75, 3.05) is 44.2 Å². The molecule has 1 aliphatic rings. The van der Waals surface area contributed by atoms with Crippen LogP contribution in [0.1, 0.15) is 33.5 Å². The molecule has 5 heteroatoms. The Hall–Kier alpha value is -3.67. The molecule has 4 aromatic rings. The highest BCUT2D eigenvalue weighted by molar-refractivity contribution is 5.97. The Morgan fingerprint density at radius 3 is 2.49 bits per heavy atom. The topological polar surface area (TPSA) is 53.0 Å². The number of hydrogen-bond donors (Lipinski definition) is 1. The Balaban J connectivity index is 1.09. The summed E-state index contributed by atoms with van der Waals surface area (Å²) >= 11 is 0. The Morgan fingerprint density at radius 2 is 1.64 bits per heavy atom. The lowest BCUT2D eigenvalue weighted by molar-refractivity contribution is 0.0662. The molecule has 4 aromatic carbocycles. The first-order valence-corrected chi connectivity index (χ1v) is 13.9. The number of β-amino-alcohol motifs (C(OH)–C–C–N with tert-alkyl or cyclic N) is 1. The van der Waals surface area contributed by atoms with Crippen LogP contribution in [0.5, 0.6) is 5.75 Å². The molecule has 0 aliphatic carbocycles. The van der Waals surface area contributed by atoms with E-state index in [1.165, 1.54) is 33.2 Å². The minimum atomic E-state index is -0.594. The van der Waals surface area contributed by atoms with Gasteiger partial charge in [-0.2, -0.15) is 0 Å². The van der Waals surface area contributed by atoms with Crippen molar-refractivity contribution in [1.29, 1.82) is 0 Å². The van der Waals surface area contributed by atoms with Crippen LogP contribution >= 0.6 is 0 Å². The molecule has 0 bridgehead atoms. The van der Waals surface area contributed by atoms with Crippen molar-refractivity contribution in [2.24, 2.45) is 0 Å². The molecule has 0 radical (unpaired) electrons. The first-order valence-electron chi connectivity index (χ1n) is 13.9. The van der Waals surface area contributed by atoms with Crippen LogP contribution in [0.2, 0.25) is 0 Å². The quantitative estimate of drug-likeness (QED) is 0.266. The van der Waals surface area contributed by atoms with Gasteiger partial charge in [0.05, 0.1) is 0 Å². The van der Waals surface area contributed by atoms with Gasteiger partial charge in [-0.25, -0.2) is 0 Å². The van der Waals surface area contributed by atoms with Crippen molar-refractivity contribution in [3.63, 3.8) is 0 Å². The number of hydrogen-bond acceptors (Lipinski definition) is 5. The van der Waals surface area contributed by atoms with Gasteiger partial charge in [0.25, 0.3) is 0 Å². The maximum Gasteiger partial charge on any atom is 0.163 e. The number of ketones is 1. The molecule has 0 amide bonds. The molecule has 1 atom stereocenters. The number of aryl methyl sites for hydroxylation is 2. The number of carbonyl (C=O) groups is 1. The summed E-state index contributed by atoms with van der Waals surface area (Å²) in [4.78, 5) is 17.7. The standard InChI is InChI=1S/C34H38N2O3/c1-25-8-5-15-33(26(25)2)36-20-18-35(19-21-36)23-30(37)24-39-31-13-7-12-29(22-31)34(38)17-16-28-11-6-10-27-9-3-4-14-32(27)28/h3-15,22,30,37H,16-21,23-24H2,1-2H3/t30-/m1/s1. The van der Waals surface area contributed by atoms with E-state index in [9.17, 15) is 9.90 Å². The molecule has 1 fully saturated rings. The maximum atomic E-state index is 13.0. The van der Waals surface area contributed by atoms with Crippen molar-refractivity contribution in [3.05, 3.63) is 107 Å². The highest BCUT2D eigenvalue weighted by Gasteiger charge is 2.21. The van der Waals surface area contributed by atoms with Crippen LogP contribution in [0.3, 0.4) is 0 Å². The maximum absolute atomic E-state index is 13.0. The van der Waals surface area contributed by atoms with Crippen molar-refractivity contribution >= 4 is 22.2 Å². The van der Waals surface area contributed by atoms with Gasteiger partial charge in [-0.3, -0.25) is 9.69 Å². The summed E-state index contributed by atoms with van der Waals surface area (Å²) in [6.07, 6.45) is 0.539. The molecule has 5 rings (SSSR count). The van der Waals surface area contributed by atoms with Gasteiger partial charge in [0.15, 0.2) is 5.78 Å². The summed E-state index contributed by atoms with van der Waals surface area (Å²) in [5.41, 5.74) is 5.80. The fourth-order valence-electron chi connectivity index (χ4n) is 5.46. The molecule has 5 nitrogen and oxygen atoms in total. The van der Waals surface area contributed by atoms with Gasteiger partial charge >= 0.3 is 0 Å². The van der Waals surface area contributed by atoms with Gasteiger partial charge in [-0.1, -0.05) is 66.7 Å². The summed E-state index contributed by atoms with van der Waals surface area (Å²) in [6, 6.07) is 28.3. The average Bonchev–Trinajstić information content (AvgIpc) is 2.97. The normalized spacial score (nSPS) is 14.9. The van der Waals surface area contributed by atoms with Crippen molar-refractivity contribution in [1.82, 2.24) is 4.90 Å². The highest BCUT2D eigenvalue weighted by Crippen LogP contribution is 2.24. The molecule has 1 saturated heterocycles. The molecule has 0 saturated carbocycles.